The summed E-state index contributed by atoms with van der Waals surface area (Å²) < 4.78 is 1.41. The van der Waals surface area contributed by atoms with Crippen molar-refractivity contribution in [3.63, 3.8) is 0 Å². The molecule has 5 nitrogen and oxygen atoms in total. The first kappa shape index (κ1) is 15.9. The number of carboxylic acids is 1. The Balaban J connectivity index is 2.23. The van der Waals surface area contributed by atoms with Gasteiger partial charge in [0.15, 0.2) is 0 Å². The zero-order valence-corrected chi connectivity index (χ0v) is 13.4. The third-order valence-corrected chi connectivity index (χ3v) is 5.05. The Bertz CT molecular complexity index is 651. The molecule has 0 aliphatic heterocycles. The molecule has 0 saturated carbocycles. The van der Waals surface area contributed by atoms with Gasteiger partial charge >= 0.3 is 5.97 Å². The third kappa shape index (κ3) is 3.22. The van der Waals surface area contributed by atoms with Crippen LogP contribution < -0.4 is 5.73 Å². The predicted octanol–water partition coefficient (Wildman–Crippen LogP) is 2.48. The number of aromatic nitrogens is 2. The maximum absolute atomic E-state index is 11.1. The van der Waals surface area contributed by atoms with Crippen LogP contribution in [0.5, 0.6) is 0 Å². The van der Waals surface area contributed by atoms with Gasteiger partial charge in [0.25, 0.3) is 0 Å². The molecule has 114 valence electrons. The van der Waals surface area contributed by atoms with Gasteiger partial charge in [-0.05, 0) is 26.8 Å². The van der Waals surface area contributed by atoms with Gasteiger partial charge in [-0.3, -0.25) is 9.48 Å². The van der Waals surface area contributed by atoms with Crippen molar-refractivity contribution in [3.05, 3.63) is 30.0 Å². The number of carboxylic acid groups (broad SMARTS) is 1. The van der Waals surface area contributed by atoms with Crippen LogP contribution in [0.25, 0.3) is 10.9 Å². The Labute approximate surface area is 128 Å². The number of fused-ring (bicyclic) bond motifs is 1. The van der Waals surface area contributed by atoms with Crippen LogP contribution in [0.15, 0.2) is 24.3 Å². The first-order chi connectivity index (χ1) is 9.86. The van der Waals surface area contributed by atoms with Gasteiger partial charge in [0, 0.05) is 22.4 Å². The molecule has 1 atom stereocenters. The first-order valence-corrected chi connectivity index (χ1v) is 7.92. The van der Waals surface area contributed by atoms with Gasteiger partial charge in [-0.15, -0.1) is 11.8 Å². The lowest BCUT2D eigenvalue weighted by Gasteiger charge is -2.27. The second kappa shape index (κ2) is 6.07. The van der Waals surface area contributed by atoms with Gasteiger partial charge in [-0.25, -0.2) is 0 Å². The number of thioether (sulfide) groups is 1. The van der Waals surface area contributed by atoms with E-state index < -0.39 is 16.8 Å². The van der Waals surface area contributed by atoms with E-state index >= 15 is 0 Å². The van der Waals surface area contributed by atoms with E-state index in [0.717, 1.165) is 23.1 Å². The Hall–Kier alpha value is -1.53. The summed E-state index contributed by atoms with van der Waals surface area (Å²) in [7, 11) is 0. The SMILES string of the molecule is CCn1nc(CSC(C)(C)[C@@H](N)C(=O)O)c2ccccc21. The minimum atomic E-state index is -0.976. The zero-order valence-electron chi connectivity index (χ0n) is 12.5. The van der Waals surface area contributed by atoms with Gasteiger partial charge < -0.3 is 10.8 Å². The number of nitrogens with zero attached hydrogens (tertiary/aromatic N) is 2. The third-order valence-electron chi connectivity index (χ3n) is 3.63. The number of benzene rings is 1. The normalized spacial score (nSPS) is 13.5. The van der Waals surface area contributed by atoms with Gasteiger partial charge in [-0.2, -0.15) is 5.10 Å². The van der Waals surface area contributed by atoms with Crippen molar-refractivity contribution in [1.29, 1.82) is 0 Å². The molecule has 0 saturated heterocycles. The lowest BCUT2D eigenvalue weighted by atomic mass is 10.1. The first-order valence-electron chi connectivity index (χ1n) is 6.93. The van der Waals surface area contributed by atoms with Crippen LogP contribution in [0, 0.1) is 0 Å². The molecular formula is C15H21N3O2S. The summed E-state index contributed by atoms with van der Waals surface area (Å²) in [5.41, 5.74) is 7.84. The van der Waals surface area contributed by atoms with Gasteiger partial charge in [0.2, 0.25) is 0 Å². The second-order valence-electron chi connectivity index (χ2n) is 5.49. The fourth-order valence-corrected chi connectivity index (χ4v) is 3.19. The topological polar surface area (TPSA) is 81.1 Å². The Morgan fingerprint density at radius 3 is 2.76 bits per heavy atom. The summed E-state index contributed by atoms with van der Waals surface area (Å²) in [5.74, 6) is -0.335. The van der Waals surface area contributed by atoms with Crippen molar-refractivity contribution >= 4 is 28.6 Å². The smallest absolute Gasteiger partial charge is 0.321 e. The van der Waals surface area contributed by atoms with E-state index in [-0.39, 0.29) is 0 Å². The molecule has 0 aliphatic carbocycles. The average Bonchev–Trinajstić information content (AvgIpc) is 2.82. The van der Waals surface area contributed by atoms with E-state index in [1.807, 2.05) is 36.7 Å². The molecule has 2 aromatic rings. The average molecular weight is 307 g/mol. The Kier molecular flexibility index (Phi) is 4.58. The van der Waals surface area contributed by atoms with E-state index in [1.165, 1.54) is 11.8 Å². The molecule has 0 bridgehead atoms. The molecule has 0 amide bonds. The monoisotopic (exact) mass is 307 g/mol. The highest BCUT2D eigenvalue weighted by molar-refractivity contribution is 7.99. The van der Waals surface area contributed by atoms with Crippen LogP contribution >= 0.6 is 11.8 Å². The molecule has 0 radical (unpaired) electrons. The standard InChI is InChI=1S/C15H21N3O2S/c1-4-18-12-8-6-5-7-10(12)11(17-18)9-21-15(2,3)13(16)14(19)20/h5-8,13H,4,9,16H2,1-3H3,(H,19,20)/t13-/m0/s1. The summed E-state index contributed by atoms with van der Waals surface area (Å²) in [5, 5.41) is 14.8. The number of nitrogens with two attached hydrogens (primary N) is 1. The molecule has 0 aliphatic rings. The van der Waals surface area contributed by atoms with Crippen molar-refractivity contribution in [2.45, 2.75) is 43.9 Å². The minimum absolute atomic E-state index is 0.553. The molecule has 21 heavy (non-hydrogen) atoms. The summed E-state index contributed by atoms with van der Waals surface area (Å²) >= 11 is 1.53. The quantitative estimate of drug-likeness (QED) is 0.857. The number of para-hydroxylation sites is 1. The van der Waals surface area contributed by atoms with E-state index in [2.05, 4.69) is 18.1 Å². The van der Waals surface area contributed by atoms with E-state index in [4.69, 9.17) is 10.8 Å². The number of rotatable bonds is 6. The maximum Gasteiger partial charge on any atom is 0.321 e. The fraction of sp³-hybridized carbons (Fsp3) is 0.467. The lowest BCUT2D eigenvalue weighted by molar-refractivity contribution is -0.139. The number of aryl methyl sites for hydroxylation is 1. The number of hydrogen-bond acceptors (Lipinski definition) is 4. The minimum Gasteiger partial charge on any atom is -0.480 e. The van der Waals surface area contributed by atoms with Crippen molar-refractivity contribution in [2.24, 2.45) is 5.73 Å². The van der Waals surface area contributed by atoms with Gasteiger partial charge in [-0.1, -0.05) is 18.2 Å². The van der Waals surface area contributed by atoms with Crippen molar-refractivity contribution < 1.29 is 9.90 Å². The molecule has 0 spiro atoms. The second-order valence-corrected chi connectivity index (χ2v) is 7.12. The number of carbonyl (C=O) groups is 1. The van der Waals surface area contributed by atoms with Crippen LogP contribution in [0.2, 0.25) is 0 Å². The Morgan fingerprint density at radius 1 is 1.48 bits per heavy atom. The molecule has 0 unspecified atom stereocenters. The molecule has 1 aromatic carbocycles. The van der Waals surface area contributed by atoms with Crippen molar-refractivity contribution in [1.82, 2.24) is 9.78 Å². The highest BCUT2D eigenvalue weighted by atomic mass is 32.2. The number of hydrogen-bond donors (Lipinski definition) is 2. The summed E-state index contributed by atoms with van der Waals surface area (Å²) in [6.07, 6.45) is 0. The lowest BCUT2D eigenvalue weighted by Crippen LogP contribution is -2.46. The summed E-state index contributed by atoms with van der Waals surface area (Å²) in [6, 6.07) is 7.19. The fourth-order valence-electron chi connectivity index (χ4n) is 2.19. The molecule has 1 aromatic heterocycles. The molecule has 0 fully saturated rings. The van der Waals surface area contributed by atoms with Gasteiger partial charge in [0.1, 0.15) is 6.04 Å². The van der Waals surface area contributed by atoms with Crippen LogP contribution in [0.4, 0.5) is 0 Å². The van der Waals surface area contributed by atoms with E-state index in [0.29, 0.717) is 5.75 Å². The molecule has 2 rings (SSSR count). The van der Waals surface area contributed by atoms with E-state index in [1.54, 1.807) is 0 Å². The largest absolute Gasteiger partial charge is 0.480 e. The highest BCUT2D eigenvalue weighted by Gasteiger charge is 2.32. The van der Waals surface area contributed by atoms with Crippen LogP contribution in [0.1, 0.15) is 26.5 Å². The van der Waals surface area contributed by atoms with Crippen LogP contribution in [0.3, 0.4) is 0 Å². The maximum atomic E-state index is 11.1. The van der Waals surface area contributed by atoms with Gasteiger partial charge in [0.05, 0.1) is 11.2 Å². The molecular weight excluding hydrogens is 286 g/mol. The molecule has 1 heterocycles. The summed E-state index contributed by atoms with van der Waals surface area (Å²) in [4.78, 5) is 11.1. The number of aliphatic carboxylic acids is 1. The molecule has 6 heteroatoms. The Morgan fingerprint density at radius 2 is 2.14 bits per heavy atom. The van der Waals surface area contributed by atoms with Crippen molar-refractivity contribution in [2.75, 3.05) is 0 Å². The van der Waals surface area contributed by atoms with Crippen LogP contribution in [-0.2, 0) is 17.1 Å². The zero-order chi connectivity index (χ0) is 15.6. The predicted molar refractivity (Wildman–Crippen MR) is 86.4 cm³/mol. The highest BCUT2D eigenvalue weighted by Crippen LogP contribution is 2.32. The molecule has 3 N–H and O–H groups in total. The van der Waals surface area contributed by atoms with Crippen molar-refractivity contribution in [3.8, 4) is 0 Å². The summed E-state index contributed by atoms with van der Waals surface area (Å²) in [6.45, 7) is 6.58. The van der Waals surface area contributed by atoms with Crippen LogP contribution in [-0.4, -0.2) is 31.6 Å². The van der Waals surface area contributed by atoms with E-state index in [9.17, 15) is 4.79 Å².